The van der Waals surface area contributed by atoms with Crippen molar-refractivity contribution in [2.75, 3.05) is 31.6 Å². The predicted molar refractivity (Wildman–Crippen MR) is 159 cm³/mol. The Labute approximate surface area is 249 Å². The van der Waals surface area contributed by atoms with Crippen molar-refractivity contribution in [3.63, 3.8) is 0 Å². The van der Waals surface area contributed by atoms with Gasteiger partial charge in [0.1, 0.15) is 29.2 Å². The summed E-state index contributed by atoms with van der Waals surface area (Å²) in [6, 6.07) is 7.37. The predicted octanol–water partition coefficient (Wildman–Crippen LogP) is 2.66. The van der Waals surface area contributed by atoms with E-state index < -0.39 is 26.6 Å². The molecule has 6 rings (SSSR count). The molecule has 2 fully saturated rings. The lowest BCUT2D eigenvalue weighted by atomic mass is 9.90. The molecule has 43 heavy (non-hydrogen) atoms. The van der Waals surface area contributed by atoms with E-state index in [0.717, 1.165) is 52.0 Å². The number of hydrogen-bond acceptors (Lipinski definition) is 10. The van der Waals surface area contributed by atoms with Gasteiger partial charge in [0, 0.05) is 43.0 Å². The number of nitrogens with two attached hydrogens (primary N) is 1. The van der Waals surface area contributed by atoms with Crippen LogP contribution in [0.25, 0.3) is 11.0 Å². The van der Waals surface area contributed by atoms with E-state index >= 15 is 0 Å². The van der Waals surface area contributed by atoms with E-state index in [-0.39, 0.29) is 22.3 Å². The number of anilines is 1. The molecule has 0 aromatic carbocycles. The molecule has 2 atom stereocenters. The number of amides is 1. The lowest BCUT2D eigenvalue weighted by molar-refractivity contribution is -0.123. The van der Waals surface area contributed by atoms with E-state index in [1.807, 2.05) is 0 Å². The first-order valence-corrected chi connectivity index (χ1v) is 15.8. The molecule has 0 radical (unpaired) electrons. The fourth-order valence-electron chi connectivity index (χ4n) is 6.16. The molecule has 3 aromatic heterocycles. The number of morpholine rings is 1. The molecule has 3 aromatic rings. The molecule has 2 unspecified atom stereocenters. The van der Waals surface area contributed by atoms with E-state index in [4.69, 9.17) is 15.2 Å². The van der Waals surface area contributed by atoms with Crippen LogP contribution in [0.4, 0.5) is 5.82 Å². The molecular weight excluding hydrogens is 570 g/mol. The summed E-state index contributed by atoms with van der Waals surface area (Å²) in [6.07, 6.45) is 13.8. The summed E-state index contributed by atoms with van der Waals surface area (Å²) < 4.78 is 40.4. The topological polar surface area (TPSA) is 176 Å². The second-order valence-corrected chi connectivity index (χ2v) is 13.1. The number of H-pyrrole nitrogens is 1. The monoisotopic (exact) mass is 603 g/mol. The maximum atomic E-state index is 14.4. The minimum atomic E-state index is -4.51. The van der Waals surface area contributed by atoms with Crippen molar-refractivity contribution in [1.82, 2.24) is 19.9 Å². The number of pyridine rings is 2. The normalized spacial score (nSPS) is 26.2. The van der Waals surface area contributed by atoms with E-state index in [2.05, 4.69) is 31.2 Å². The summed E-state index contributed by atoms with van der Waals surface area (Å²) in [5, 5.41) is 14.0. The van der Waals surface area contributed by atoms with Gasteiger partial charge in [0.05, 0.1) is 29.9 Å². The lowest BCUT2D eigenvalue weighted by Gasteiger charge is -2.39. The van der Waals surface area contributed by atoms with Gasteiger partial charge in [-0.15, -0.1) is 0 Å². The fraction of sp³-hybridized carbons (Fsp3) is 0.400. The minimum Gasteiger partial charge on any atom is -0.464 e. The Morgan fingerprint density at radius 2 is 1.95 bits per heavy atom. The zero-order valence-corrected chi connectivity index (χ0v) is 24.3. The van der Waals surface area contributed by atoms with Gasteiger partial charge in [-0.1, -0.05) is 18.2 Å². The van der Waals surface area contributed by atoms with Crippen LogP contribution in [-0.2, 0) is 19.4 Å². The van der Waals surface area contributed by atoms with E-state index in [0.29, 0.717) is 22.9 Å². The molecule has 4 heterocycles. The molecule has 1 amide bonds. The van der Waals surface area contributed by atoms with Gasteiger partial charge >= 0.3 is 0 Å². The van der Waals surface area contributed by atoms with Crippen LogP contribution in [-0.4, -0.2) is 77.5 Å². The van der Waals surface area contributed by atoms with E-state index in [9.17, 15) is 18.5 Å². The lowest BCUT2D eigenvalue weighted by Crippen LogP contribution is -2.54. The number of sulfone groups is 1. The second-order valence-electron chi connectivity index (χ2n) is 11.0. The summed E-state index contributed by atoms with van der Waals surface area (Å²) in [6.45, 7) is 3.42. The summed E-state index contributed by atoms with van der Waals surface area (Å²) in [5.74, 6) is -1.81. The van der Waals surface area contributed by atoms with Gasteiger partial charge in [0.25, 0.3) is 0 Å². The average Bonchev–Trinajstić information content (AvgIpc) is 3.50. The molecule has 0 spiro atoms. The number of nitrogens with one attached hydrogen (secondary N) is 2. The van der Waals surface area contributed by atoms with Crippen molar-refractivity contribution in [1.29, 1.82) is 5.26 Å². The standard InChI is InChI=1S/C30H33N7O5S/c31-17-21-16-25(19-35-29(21)36-22-4-6-23(7-5-22)37-11-13-41-14-12-37)43(39,40)30(9-2-1-3-26(30)27(32)38)42-24-15-20-8-10-33-28(20)34-18-24/h1-3,8-10,15-16,18-19,22-23,26H,4-7,11-14H2,(H2,32,38)(H,33,34)(H,35,36). The van der Waals surface area contributed by atoms with Crippen molar-refractivity contribution in [2.24, 2.45) is 11.7 Å². The molecule has 12 nitrogen and oxygen atoms in total. The maximum absolute atomic E-state index is 14.4. The van der Waals surface area contributed by atoms with Gasteiger partial charge < -0.3 is 25.5 Å². The first-order chi connectivity index (χ1) is 20.8. The molecule has 2 aliphatic carbocycles. The van der Waals surface area contributed by atoms with Crippen molar-refractivity contribution < 1.29 is 22.7 Å². The van der Waals surface area contributed by atoms with Gasteiger partial charge in [-0.3, -0.25) is 9.69 Å². The molecule has 13 heteroatoms. The van der Waals surface area contributed by atoms with Gasteiger partial charge in [0.15, 0.2) is 0 Å². The summed E-state index contributed by atoms with van der Waals surface area (Å²) in [4.78, 5) is 24.2. The Morgan fingerprint density at radius 1 is 1.16 bits per heavy atom. The van der Waals surface area contributed by atoms with Crippen LogP contribution in [0.5, 0.6) is 5.75 Å². The van der Waals surface area contributed by atoms with Gasteiger partial charge in [-0.2, -0.15) is 5.26 Å². The summed E-state index contributed by atoms with van der Waals surface area (Å²) >= 11 is 0. The minimum absolute atomic E-state index is 0.0768. The summed E-state index contributed by atoms with van der Waals surface area (Å²) in [7, 11) is -4.51. The highest BCUT2D eigenvalue weighted by molar-refractivity contribution is 7.93. The first-order valence-electron chi connectivity index (χ1n) is 14.3. The Bertz CT molecular complexity index is 1720. The second kappa shape index (κ2) is 11.8. The van der Waals surface area contributed by atoms with Gasteiger partial charge in [-0.05, 0) is 50.0 Å². The zero-order chi connectivity index (χ0) is 30.0. The number of ether oxygens (including phenoxy) is 2. The fourth-order valence-corrected chi connectivity index (χ4v) is 7.99. The number of rotatable bonds is 8. The molecular formula is C30H33N7O5S. The number of aromatic amines is 1. The molecule has 1 saturated carbocycles. The number of primary amides is 1. The van der Waals surface area contributed by atoms with Crippen LogP contribution in [0.1, 0.15) is 31.2 Å². The van der Waals surface area contributed by atoms with Gasteiger partial charge in [0.2, 0.25) is 20.7 Å². The molecule has 1 aliphatic heterocycles. The Balaban J connectivity index is 1.27. The Hall–Kier alpha value is -4.25. The number of hydrogen-bond donors (Lipinski definition) is 3. The molecule has 4 N–H and O–H groups in total. The molecule has 0 bridgehead atoms. The van der Waals surface area contributed by atoms with E-state index in [1.165, 1.54) is 36.7 Å². The highest BCUT2D eigenvalue weighted by Crippen LogP contribution is 2.40. The largest absolute Gasteiger partial charge is 0.464 e. The van der Waals surface area contributed by atoms with Crippen LogP contribution in [0, 0.1) is 17.2 Å². The Morgan fingerprint density at radius 3 is 2.70 bits per heavy atom. The van der Waals surface area contributed by atoms with Crippen LogP contribution in [0.2, 0.25) is 0 Å². The number of nitrogens with zero attached hydrogens (tertiary/aromatic N) is 4. The van der Waals surface area contributed by atoms with Crippen LogP contribution in [0.15, 0.2) is 66.0 Å². The van der Waals surface area contributed by atoms with Crippen LogP contribution < -0.4 is 15.8 Å². The quantitative estimate of drug-likeness (QED) is 0.347. The highest BCUT2D eigenvalue weighted by Gasteiger charge is 2.54. The third-order valence-electron chi connectivity index (χ3n) is 8.45. The third-order valence-corrected chi connectivity index (χ3v) is 10.6. The average molecular weight is 604 g/mol. The molecule has 3 aliphatic rings. The zero-order valence-electron chi connectivity index (χ0n) is 23.5. The smallest absolute Gasteiger partial charge is 0.246 e. The Kier molecular flexibility index (Phi) is 7.91. The van der Waals surface area contributed by atoms with Gasteiger partial charge in [-0.25, -0.2) is 18.4 Å². The van der Waals surface area contributed by atoms with Crippen molar-refractivity contribution in [3.05, 3.63) is 66.7 Å². The number of allylic oxidation sites excluding steroid dienone is 2. The van der Waals surface area contributed by atoms with Crippen molar-refractivity contribution in [3.8, 4) is 11.8 Å². The number of fused-ring (bicyclic) bond motifs is 1. The third kappa shape index (κ3) is 5.49. The maximum Gasteiger partial charge on any atom is 0.246 e. The highest BCUT2D eigenvalue weighted by atomic mass is 32.2. The first kappa shape index (κ1) is 28.9. The SMILES string of the molecule is N#Cc1cc(S(=O)(=O)C2(Oc3cnc4[nH]ccc4c3)C=CC=CC2C(N)=O)cnc1NC1CCC(N2CCOCC2)CC1. The number of carbonyl (C=O) groups is 1. The number of aromatic nitrogens is 3. The van der Waals surface area contributed by atoms with E-state index in [1.54, 1.807) is 24.4 Å². The molecule has 1 saturated heterocycles. The van der Waals surface area contributed by atoms with Crippen molar-refractivity contribution in [2.45, 2.75) is 47.6 Å². The van der Waals surface area contributed by atoms with Crippen molar-refractivity contribution >= 4 is 32.6 Å². The van der Waals surface area contributed by atoms with Crippen LogP contribution >= 0.6 is 0 Å². The number of nitriles is 1. The van der Waals surface area contributed by atoms with Crippen LogP contribution in [0.3, 0.4) is 0 Å². The summed E-state index contributed by atoms with van der Waals surface area (Å²) in [5.41, 5.74) is 6.38. The molecule has 224 valence electrons. The number of carbonyl (C=O) groups excluding carboxylic acids is 1.